The molecule has 0 amide bonds. The zero-order chi connectivity index (χ0) is 12.4. The summed E-state index contributed by atoms with van der Waals surface area (Å²) in [6.07, 6.45) is 1.48. The van der Waals surface area contributed by atoms with E-state index >= 15 is 0 Å². The van der Waals surface area contributed by atoms with E-state index in [4.69, 9.17) is 15.6 Å². The topological polar surface area (TPSA) is 88.7 Å². The van der Waals surface area contributed by atoms with Crippen molar-refractivity contribution in [1.29, 1.82) is 0 Å². The summed E-state index contributed by atoms with van der Waals surface area (Å²) >= 11 is 0. The molecule has 6 nitrogen and oxygen atoms in total. The van der Waals surface area contributed by atoms with Gasteiger partial charge >= 0.3 is 5.97 Å². The average molecular weight is 237 g/mol. The number of hydrogen-bond donors (Lipinski definition) is 2. The number of nitrogen functional groups attached to an aromatic ring is 1. The molecule has 2 rings (SSSR count). The number of pyridine rings is 1. The molecule has 3 N–H and O–H groups in total. The summed E-state index contributed by atoms with van der Waals surface area (Å²) in [4.78, 5) is 17.2. The molecule has 1 aliphatic rings. The predicted molar refractivity (Wildman–Crippen MR) is 63.2 cm³/mol. The van der Waals surface area contributed by atoms with Gasteiger partial charge in [-0.2, -0.15) is 0 Å². The van der Waals surface area contributed by atoms with Crippen molar-refractivity contribution in [3.05, 3.63) is 17.8 Å². The van der Waals surface area contributed by atoms with Gasteiger partial charge in [-0.1, -0.05) is 0 Å². The molecule has 0 spiro atoms. The van der Waals surface area contributed by atoms with Gasteiger partial charge in [0.25, 0.3) is 0 Å². The monoisotopic (exact) mass is 237 g/mol. The zero-order valence-electron chi connectivity index (χ0n) is 9.59. The third kappa shape index (κ3) is 2.31. The average Bonchev–Trinajstić information content (AvgIpc) is 2.30. The van der Waals surface area contributed by atoms with E-state index in [9.17, 15) is 4.79 Å². The first kappa shape index (κ1) is 11.7. The van der Waals surface area contributed by atoms with E-state index in [1.54, 1.807) is 0 Å². The predicted octanol–water partition coefficient (Wildman–Crippen LogP) is 0.587. The first-order chi connectivity index (χ1) is 8.09. The first-order valence-corrected chi connectivity index (χ1v) is 5.43. The maximum atomic E-state index is 11.2. The number of morpholine rings is 1. The van der Waals surface area contributed by atoms with Gasteiger partial charge in [0, 0.05) is 6.54 Å². The number of carboxylic acids is 1. The number of nitrogens with zero attached hydrogens (tertiary/aromatic N) is 2. The van der Waals surface area contributed by atoms with Gasteiger partial charge in [0.15, 0.2) is 0 Å². The van der Waals surface area contributed by atoms with Crippen LogP contribution in [0.5, 0.6) is 0 Å². The molecular weight excluding hydrogens is 222 g/mol. The maximum Gasteiger partial charge on any atom is 0.339 e. The lowest BCUT2D eigenvalue weighted by Crippen LogP contribution is -2.44. The first-order valence-electron chi connectivity index (χ1n) is 5.43. The Morgan fingerprint density at radius 3 is 3.12 bits per heavy atom. The van der Waals surface area contributed by atoms with Crippen LogP contribution >= 0.6 is 0 Å². The Morgan fingerprint density at radius 1 is 1.71 bits per heavy atom. The van der Waals surface area contributed by atoms with Gasteiger partial charge in [0.2, 0.25) is 0 Å². The van der Waals surface area contributed by atoms with Crippen molar-refractivity contribution < 1.29 is 14.6 Å². The van der Waals surface area contributed by atoms with Crippen LogP contribution in [0.4, 0.5) is 11.5 Å². The molecule has 2 heterocycles. The lowest BCUT2D eigenvalue weighted by atomic mass is 10.2. The van der Waals surface area contributed by atoms with Gasteiger partial charge in [-0.15, -0.1) is 0 Å². The number of hydrogen-bond acceptors (Lipinski definition) is 5. The zero-order valence-corrected chi connectivity index (χ0v) is 9.59. The summed E-state index contributed by atoms with van der Waals surface area (Å²) in [5.41, 5.74) is 6.05. The number of carbonyl (C=O) groups is 1. The molecule has 1 saturated heterocycles. The molecule has 1 fully saturated rings. The number of nitrogens with two attached hydrogens (primary N) is 1. The van der Waals surface area contributed by atoms with Crippen LogP contribution in [-0.2, 0) is 4.74 Å². The highest BCUT2D eigenvalue weighted by Gasteiger charge is 2.24. The van der Waals surface area contributed by atoms with Gasteiger partial charge in [-0.05, 0) is 13.0 Å². The molecule has 1 atom stereocenters. The van der Waals surface area contributed by atoms with Crippen LogP contribution < -0.4 is 10.6 Å². The SMILES string of the molecule is CC1COCCN1c1ncc(N)cc1C(=O)O. The Morgan fingerprint density at radius 2 is 2.47 bits per heavy atom. The van der Waals surface area contributed by atoms with Crippen LogP contribution in [0.25, 0.3) is 0 Å². The minimum atomic E-state index is -1.02. The lowest BCUT2D eigenvalue weighted by molar-refractivity contribution is 0.0694. The Hall–Kier alpha value is -1.82. The highest BCUT2D eigenvalue weighted by atomic mass is 16.5. The number of aromatic carboxylic acids is 1. The normalized spacial score (nSPS) is 20.3. The molecule has 6 heteroatoms. The van der Waals surface area contributed by atoms with E-state index < -0.39 is 5.97 Å². The summed E-state index contributed by atoms with van der Waals surface area (Å²) in [6, 6.07) is 1.55. The molecule has 0 aromatic carbocycles. The van der Waals surface area contributed by atoms with Gasteiger partial charge in [-0.3, -0.25) is 0 Å². The second kappa shape index (κ2) is 4.58. The number of rotatable bonds is 2. The van der Waals surface area contributed by atoms with Crippen molar-refractivity contribution in [2.45, 2.75) is 13.0 Å². The summed E-state index contributed by atoms with van der Waals surface area (Å²) in [5, 5.41) is 9.15. The molecule has 0 bridgehead atoms. The Kier molecular flexibility index (Phi) is 3.14. The van der Waals surface area contributed by atoms with Crippen LogP contribution in [0.3, 0.4) is 0 Å². The fourth-order valence-electron chi connectivity index (χ4n) is 1.90. The van der Waals surface area contributed by atoms with E-state index in [-0.39, 0.29) is 11.6 Å². The Balaban J connectivity index is 2.39. The molecule has 1 aromatic heterocycles. The second-order valence-corrected chi connectivity index (χ2v) is 4.06. The van der Waals surface area contributed by atoms with E-state index in [0.717, 1.165) is 0 Å². The molecule has 0 radical (unpaired) electrons. The van der Waals surface area contributed by atoms with Crippen molar-refractivity contribution in [2.24, 2.45) is 0 Å². The summed E-state index contributed by atoms with van der Waals surface area (Å²) in [7, 11) is 0. The molecular formula is C11H15N3O3. The molecule has 0 saturated carbocycles. The molecule has 1 aromatic rings. The molecule has 17 heavy (non-hydrogen) atoms. The largest absolute Gasteiger partial charge is 0.478 e. The standard InChI is InChI=1S/C11H15N3O3/c1-7-6-17-3-2-14(7)10-9(11(15)16)4-8(12)5-13-10/h4-5,7H,2-3,6,12H2,1H3,(H,15,16). The molecule has 0 aliphatic carbocycles. The maximum absolute atomic E-state index is 11.2. The van der Waals surface area contributed by atoms with Gasteiger partial charge in [0.1, 0.15) is 11.4 Å². The highest BCUT2D eigenvalue weighted by Crippen LogP contribution is 2.23. The fraction of sp³-hybridized carbons (Fsp3) is 0.455. The number of aromatic nitrogens is 1. The van der Waals surface area contributed by atoms with Crippen LogP contribution in [0, 0.1) is 0 Å². The third-order valence-corrected chi connectivity index (χ3v) is 2.76. The fourth-order valence-corrected chi connectivity index (χ4v) is 1.90. The van der Waals surface area contributed by atoms with Crippen molar-refractivity contribution in [2.75, 3.05) is 30.4 Å². The number of ether oxygens (including phenoxy) is 1. The van der Waals surface area contributed by atoms with E-state index in [2.05, 4.69) is 4.98 Å². The summed E-state index contributed by atoms with van der Waals surface area (Å²) in [6.45, 7) is 3.77. The van der Waals surface area contributed by atoms with Crippen LogP contribution in [0.1, 0.15) is 17.3 Å². The Labute approximate surface area is 99.0 Å². The van der Waals surface area contributed by atoms with Crippen LogP contribution in [-0.4, -0.2) is 41.9 Å². The second-order valence-electron chi connectivity index (χ2n) is 4.06. The van der Waals surface area contributed by atoms with Gasteiger partial charge < -0.3 is 20.5 Å². The Bertz CT molecular complexity index is 436. The quantitative estimate of drug-likeness (QED) is 0.782. The van der Waals surface area contributed by atoms with E-state index in [0.29, 0.717) is 31.3 Å². The highest BCUT2D eigenvalue weighted by molar-refractivity contribution is 5.94. The smallest absolute Gasteiger partial charge is 0.339 e. The molecule has 92 valence electrons. The van der Waals surface area contributed by atoms with Crippen LogP contribution in [0.2, 0.25) is 0 Å². The van der Waals surface area contributed by atoms with Crippen molar-refractivity contribution >= 4 is 17.5 Å². The van der Waals surface area contributed by atoms with Crippen molar-refractivity contribution in [3.8, 4) is 0 Å². The van der Waals surface area contributed by atoms with Crippen LogP contribution in [0.15, 0.2) is 12.3 Å². The van der Waals surface area contributed by atoms with Crippen molar-refractivity contribution in [3.63, 3.8) is 0 Å². The third-order valence-electron chi connectivity index (χ3n) is 2.76. The minimum absolute atomic E-state index is 0.109. The summed E-state index contributed by atoms with van der Waals surface area (Å²) < 4.78 is 5.32. The molecule has 1 unspecified atom stereocenters. The van der Waals surface area contributed by atoms with Crippen molar-refractivity contribution in [1.82, 2.24) is 4.98 Å². The summed E-state index contributed by atoms with van der Waals surface area (Å²) in [5.74, 6) is -0.555. The van der Waals surface area contributed by atoms with Gasteiger partial charge in [0.05, 0.1) is 31.1 Å². The minimum Gasteiger partial charge on any atom is -0.478 e. The van der Waals surface area contributed by atoms with E-state index in [1.165, 1.54) is 12.3 Å². The lowest BCUT2D eigenvalue weighted by Gasteiger charge is -2.34. The molecule has 1 aliphatic heterocycles. The number of carboxylic acid groups (broad SMARTS) is 1. The number of anilines is 2. The van der Waals surface area contributed by atoms with E-state index in [1.807, 2.05) is 11.8 Å². The van der Waals surface area contributed by atoms with Gasteiger partial charge in [-0.25, -0.2) is 9.78 Å².